The molecule has 1 N–H and O–H groups in total. The summed E-state index contributed by atoms with van der Waals surface area (Å²) in [4.78, 5) is 2.11. The van der Waals surface area contributed by atoms with Gasteiger partial charge >= 0.3 is 0 Å². The van der Waals surface area contributed by atoms with E-state index < -0.39 is 0 Å². The smallest absolute Gasteiger partial charge is 0.146 e. The maximum Gasteiger partial charge on any atom is 0.146 e. The first kappa shape index (κ1) is 13.3. The first-order valence-electron chi connectivity index (χ1n) is 6.74. The van der Waals surface area contributed by atoms with E-state index in [-0.39, 0.29) is 11.9 Å². The molecule has 0 saturated heterocycles. The van der Waals surface area contributed by atoms with Gasteiger partial charge in [0.1, 0.15) is 5.82 Å². The molecule has 2 unspecified atom stereocenters. The van der Waals surface area contributed by atoms with Gasteiger partial charge in [0, 0.05) is 19.1 Å². The molecule has 2 nitrogen and oxygen atoms in total. The van der Waals surface area contributed by atoms with Crippen LogP contribution in [0.2, 0.25) is 0 Å². The molecule has 0 radical (unpaired) electrons. The predicted molar refractivity (Wildman–Crippen MR) is 74.5 cm³/mol. The Kier molecular flexibility index (Phi) is 3.91. The van der Waals surface area contributed by atoms with Gasteiger partial charge in [0.2, 0.25) is 0 Å². The lowest BCUT2D eigenvalue weighted by molar-refractivity contribution is 0.563. The fourth-order valence-electron chi connectivity index (χ4n) is 2.51. The second-order valence-electron chi connectivity index (χ2n) is 5.38. The van der Waals surface area contributed by atoms with Crippen LogP contribution in [0.15, 0.2) is 18.2 Å². The van der Waals surface area contributed by atoms with Crippen molar-refractivity contribution >= 4 is 5.69 Å². The van der Waals surface area contributed by atoms with Crippen LogP contribution in [0, 0.1) is 11.7 Å². The normalized spacial score (nSPS) is 18.5. The van der Waals surface area contributed by atoms with Crippen molar-refractivity contribution in [3.05, 3.63) is 29.6 Å². The van der Waals surface area contributed by atoms with Crippen molar-refractivity contribution in [3.8, 4) is 0 Å². The molecular formula is C15H23FN2. The molecule has 100 valence electrons. The number of hydrogen-bond acceptors (Lipinski definition) is 2. The molecule has 0 aromatic heterocycles. The number of para-hydroxylation sites is 1. The summed E-state index contributed by atoms with van der Waals surface area (Å²) in [6.07, 6.45) is 2.55. The van der Waals surface area contributed by atoms with Crippen LogP contribution in [0.5, 0.6) is 0 Å². The van der Waals surface area contributed by atoms with Crippen molar-refractivity contribution in [2.45, 2.75) is 38.8 Å². The number of nitrogens with zero attached hydrogens (tertiary/aromatic N) is 1. The van der Waals surface area contributed by atoms with Crippen LogP contribution in [0.1, 0.15) is 38.3 Å². The van der Waals surface area contributed by atoms with Crippen LogP contribution >= 0.6 is 0 Å². The molecule has 3 heteroatoms. The molecule has 1 fully saturated rings. The van der Waals surface area contributed by atoms with Crippen LogP contribution < -0.4 is 10.2 Å². The minimum absolute atomic E-state index is 0.121. The molecule has 0 spiro atoms. The third kappa shape index (κ3) is 2.51. The third-order valence-corrected chi connectivity index (χ3v) is 4.19. The van der Waals surface area contributed by atoms with Gasteiger partial charge in [-0.05, 0) is 51.3 Å². The Hall–Kier alpha value is -1.09. The van der Waals surface area contributed by atoms with Gasteiger partial charge in [-0.3, -0.25) is 0 Å². The van der Waals surface area contributed by atoms with Crippen molar-refractivity contribution in [2.24, 2.45) is 5.92 Å². The first-order chi connectivity index (χ1) is 8.56. The number of benzene rings is 1. The molecule has 1 aromatic carbocycles. The second-order valence-corrected chi connectivity index (χ2v) is 5.38. The Bertz CT molecular complexity index is 415. The maximum atomic E-state index is 14.2. The zero-order chi connectivity index (χ0) is 13.3. The van der Waals surface area contributed by atoms with Gasteiger partial charge in [-0.15, -0.1) is 0 Å². The summed E-state index contributed by atoms with van der Waals surface area (Å²) in [6.45, 7) is 4.26. The van der Waals surface area contributed by atoms with Crippen molar-refractivity contribution in [2.75, 3.05) is 19.0 Å². The Morgan fingerprint density at radius 3 is 2.56 bits per heavy atom. The SMILES string of the molecule is CNC(C)c1cccc(F)c1N(C)C(C)C1CC1. The molecule has 0 bridgehead atoms. The quantitative estimate of drug-likeness (QED) is 0.862. The standard InChI is InChI=1S/C15H23FN2/c1-10(17-3)13-6-5-7-14(16)15(13)18(4)11(2)12-8-9-12/h5-7,10-12,17H,8-9H2,1-4H3. The van der Waals surface area contributed by atoms with Gasteiger partial charge in [0.15, 0.2) is 0 Å². The molecule has 1 aliphatic carbocycles. The minimum Gasteiger partial charge on any atom is -0.369 e. The Labute approximate surface area is 109 Å². The maximum absolute atomic E-state index is 14.2. The summed E-state index contributed by atoms with van der Waals surface area (Å²) in [5.74, 6) is 0.608. The van der Waals surface area contributed by atoms with Crippen molar-refractivity contribution < 1.29 is 4.39 Å². The highest BCUT2D eigenvalue weighted by atomic mass is 19.1. The second kappa shape index (κ2) is 5.27. The van der Waals surface area contributed by atoms with Crippen LogP contribution in [0.4, 0.5) is 10.1 Å². The van der Waals surface area contributed by atoms with Gasteiger partial charge in [-0.25, -0.2) is 4.39 Å². The first-order valence-corrected chi connectivity index (χ1v) is 6.74. The number of halogens is 1. The van der Waals surface area contributed by atoms with E-state index in [1.165, 1.54) is 12.8 Å². The average molecular weight is 250 g/mol. The average Bonchev–Trinajstić information content (AvgIpc) is 3.20. The lowest BCUT2D eigenvalue weighted by Gasteiger charge is -2.31. The molecule has 2 atom stereocenters. The van der Waals surface area contributed by atoms with E-state index in [0.717, 1.165) is 17.2 Å². The van der Waals surface area contributed by atoms with Crippen LogP contribution in [0.25, 0.3) is 0 Å². The van der Waals surface area contributed by atoms with E-state index in [9.17, 15) is 4.39 Å². The van der Waals surface area contributed by atoms with Gasteiger partial charge in [-0.2, -0.15) is 0 Å². The highest BCUT2D eigenvalue weighted by Crippen LogP contribution is 2.38. The van der Waals surface area contributed by atoms with E-state index in [2.05, 4.69) is 24.1 Å². The van der Waals surface area contributed by atoms with Gasteiger partial charge in [0.05, 0.1) is 5.69 Å². The fourth-order valence-corrected chi connectivity index (χ4v) is 2.51. The molecule has 0 heterocycles. The highest BCUT2D eigenvalue weighted by molar-refractivity contribution is 5.56. The monoisotopic (exact) mass is 250 g/mol. The summed E-state index contributed by atoms with van der Waals surface area (Å²) in [5.41, 5.74) is 1.78. The number of hydrogen-bond donors (Lipinski definition) is 1. The molecule has 0 amide bonds. The zero-order valence-corrected chi connectivity index (χ0v) is 11.7. The summed E-state index contributed by atoms with van der Waals surface area (Å²) in [7, 11) is 3.91. The van der Waals surface area contributed by atoms with Gasteiger partial charge in [0.25, 0.3) is 0 Å². The molecule has 18 heavy (non-hydrogen) atoms. The lowest BCUT2D eigenvalue weighted by Crippen LogP contribution is -2.33. The Morgan fingerprint density at radius 1 is 1.33 bits per heavy atom. The summed E-state index contributed by atoms with van der Waals surface area (Å²) >= 11 is 0. The van der Waals surface area contributed by atoms with Crippen molar-refractivity contribution in [1.82, 2.24) is 5.32 Å². The summed E-state index contributed by atoms with van der Waals surface area (Å²) in [6, 6.07) is 5.92. The lowest BCUT2D eigenvalue weighted by atomic mass is 10.0. The van der Waals surface area contributed by atoms with Crippen LogP contribution in [0.3, 0.4) is 0 Å². The number of nitrogens with one attached hydrogen (secondary N) is 1. The van der Waals surface area contributed by atoms with E-state index in [1.807, 2.05) is 20.2 Å². The minimum atomic E-state index is -0.121. The third-order valence-electron chi connectivity index (χ3n) is 4.19. The number of anilines is 1. The summed E-state index contributed by atoms with van der Waals surface area (Å²) in [5, 5.41) is 3.19. The van der Waals surface area contributed by atoms with Crippen molar-refractivity contribution in [3.63, 3.8) is 0 Å². The predicted octanol–water partition coefficient (Wildman–Crippen LogP) is 3.34. The van der Waals surface area contributed by atoms with E-state index in [0.29, 0.717) is 6.04 Å². The van der Waals surface area contributed by atoms with E-state index in [4.69, 9.17) is 0 Å². The van der Waals surface area contributed by atoms with Gasteiger partial charge < -0.3 is 10.2 Å². The highest BCUT2D eigenvalue weighted by Gasteiger charge is 2.32. The van der Waals surface area contributed by atoms with Gasteiger partial charge in [-0.1, -0.05) is 12.1 Å². The number of rotatable bonds is 5. The molecule has 2 rings (SSSR count). The molecule has 1 aromatic rings. The molecule has 1 saturated carbocycles. The Balaban J connectivity index is 2.34. The molecule has 0 aliphatic heterocycles. The van der Waals surface area contributed by atoms with E-state index >= 15 is 0 Å². The van der Waals surface area contributed by atoms with Crippen molar-refractivity contribution in [1.29, 1.82) is 0 Å². The largest absolute Gasteiger partial charge is 0.369 e. The zero-order valence-electron chi connectivity index (χ0n) is 11.7. The topological polar surface area (TPSA) is 15.3 Å². The van der Waals surface area contributed by atoms with Crippen LogP contribution in [-0.2, 0) is 0 Å². The molecular weight excluding hydrogens is 227 g/mol. The fraction of sp³-hybridized carbons (Fsp3) is 0.600. The van der Waals surface area contributed by atoms with E-state index in [1.54, 1.807) is 12.1 Å². The molecule has 1 aliphatic rings. The van der Waals surface area contributed by atoms with Crippen LogP contribution in [-0.4, -0.2) is 20.1 Å². The summed E-state index contributed by atoms with van der Waals surface area (Å²) < 4.78 is 14.2. The Morgan fingerprint density at radius 2 is 2.00 bits per heavy atom.